The minimum Gasteiger partial charge on any atom is -0.481 e. The van der Waals surface area contributed by atoms with E-state index in [4.69, 9.17) is 16.3 Å². The molecule has 2 amide bonds. The molecule has 0 spiro atoms. The predicted octanol–water partition coefficient (Wildman–Crippen LogP) is 4.28. The van der Waals surface area contributed by atoms with E-state index >= 15 is 0 Å². The number of nitrogens with zero attached hydrogens (tertiary/aromatic N) is 3. The number of carbonyl (C=O) groups excluding carboxylic acids is 2. The van der Waals surface area contributed by atoms with Gasteiger partial charge in [0, 0.05) is 11.6 Å². The molecule has 2 aliphatic carbocycles. The van der Waals surface area contributed by atoms with E-state index in [-0.39, 0.29) is 64.1 Å². The van der Waals surface area contributed by atoms with Crippen LogP contribution < -0.4 is 4.74 Å². The van der Waals surface area contributed by atoms with Gasteiger partial charge in [-0.15, -0.1) is 0 Å². The highest BCUT2D eigenvalue weighted by Gasteiger charge is 2.59. The molecule has 0 radical (unpaired) electrons. The fraction of sp³-hybridized carbons (Fsp3) is 0.292. The van der Waals surface area contributed by atoms with Crippen LogP contribution in [0.2, 0.25) is 5.02 Å². The highest BCUT2D eigenvalue weighted by molar-refractivity contribution is 6.32. The van der Waals surface area contributed by atoms with Gasteiger partial charge < -0.3 is 4.74 Å². The van der Waals surface area contributed by atoms with Gasteiger partial charge in [-0.1, -0.05) is 53.6 Å². The second kappa shape index (κ2) is 8.12. The summed E-state index contributed by atoms with van der Waals surface area (Å²) in [6, 6.07) is 10.3. The summed E-state index contributed by atoms with van der Waals surface area (Å²) in [4.78, 5) is 36.6. The van der Waals surface area contributed by atoms with Gasteiger partial charge in [0.05, 0.1) is 28.0 Å². The number of allylic oxidation sites excluding steroid dienone is 2. The average Bonchev–Trinajstić information content (AvgIpc) is 3.45. The Morgan fingerprint density at radius 3 is 2.52 bits per heavy atom. The summed E-state index contributed by atoms with van der Waals surface area (Å²) < 4.78 is 5.67. The summed E-state index contributed by atoms with van der Waals surface area (Å²) >= 11 is 6.31. The van der Waals surface area contributed by atoms with E-state index in [0.29, 0.717) is 0 Å². The van der Waals surface area contributed by atoms with Gasteiger partial charge in [-0.05, 0) is 36.8 Å². The number of halogens is 1. The molecule has 2 aromatic carbocycles. The third-order valence-corrected chi connectivity index (χ3v) is 6.76. The standard InChI is InChI=1S/C24H20ClN3O5/c1-13-3-2-4-14(7-13)12-33-22-18(25)8-15(9-19(22)28(31)32)11-26-27-23(29)20-16-5-6-17(10-16)21(20)24(27)30/h2-9,11,16-17,20-21H,10,12H2,1H3. The zero-order chi connectivity index (χ0) is 23.3. The predicted molar refractivity (Wildman–Crippen MR) is 121 cm³/mol. The average molecular weight is 466 g/mol. The van der Waals surface area contributed by atoms with Crippen LogP contribution in [0.15, 0.2) is 53.7 Å². The molecule has 1 saturated heterocycles. The van der Waals surface area contributed by atoms with E-state index in [1.807, 2.05) is 43.3 Å². The Morgan fingerprint density at radius 2 is 1.88 bits per heavy atom. The Hall–Kier alpha value is -3.52. The van der Waals surface area contributed by atoms with Crippen molar-refractivity contribution in [1.29, 1.82) is 0 Å². The molecule has 2 fully saturated rings. The van der Waals surface area contributed by atoms with Crippen molar-refractivity contribution in [1.82, 2.24) is 5.01 Å². The lowest BCUT2D eigenvalue weighted by molar-refractivity contribution is -0.385. The van der Waals surface area contributed by atoms with Gasteiger partial charge in [-0.25, -0.2) is 0 Å². The number of nitro groups is 1. The van der Waals surface area contributed by atoms with Crippen LogP contribution >= 0.6 is 11.6 Å². The number of ether oxygens (including phenoxy) is 1. The number of hydrazone groups is 1. The number of carbonyl (C=O) groups is 2. The quantitative estimate of drug-likeness (QED) is 0.208. The van der Waals surface area contributed by atoms with Crippen molar-refractivity contribution in [3.8, 4) is 5.75 Å². The van der Waals surface area contributed by atoms with Crippen LogP contribution in [0.1, 0.15) is 23.1 Å². The molecule has 2 bridgehead atoms. The Kier molecular flexibility index (Phi) is 5.25. The smallest absolute Gasteiger partial charge is 0.313 e. The van der Waals surface area contributed by atoms with Gasteiger partial charge in [0.25, 0.3) is 11.8 Å². The van der Waals surface area contributed by atoms with Crippen LogP contribution in [0.3, 0.4) is 0 Å². The zero-order valence-corrected chi connectivity index (χ0v) is 18.4. The molecule has 3 aliphatic rings. The molecule has 2 aromatic rings. The van der Waals surface area contributed by atoms with Crippen LogP contribution in [0.25, 0.3) is 0 Å². The number of fused-ring (bicyclic) bond motifs is 5. The summed E-state index contributed by atoms with van der Waals surface area (Å²) in [5.41, 5.74) is 1.86. The van der Waals surface area contributed by atoms with Gasteiger partial charge in [-0.3, -0.25) is 19.7 Å². The molecule has 4 unspecified atom stereocenters. The minimum absolute atomic E-state index is 0.0384. The van der Waals surface area contributed by atoms with E-state index in [0.717, 1.165) is 22.6 Å². The van der Waals surface area contributed by atoms with Crippen LogP contribution in [-0.4, -0.2) is 28.0 Å². The van der Waals surface area contributed by atoms with Crippen molar-refractivity contribution < 1.29 is 19.2 Å². The molecular weight excluding hydrogens is 446 g/mol. The Bertz CT molecular complexity index is 1210. The molecule has 5 rings (SSSR count). The molecule has 1 aliphatic heterocycles. The monoisotopic (exact) mass is 465 g/mol. The number of nitro benzene ring substituents is 1. The SMILES string of the molecule is Cc1cccc(COc2c(Cl)cc(C=NN3C(=O)C4C5C=CC(C5)C4C3=O)cc2[N+](=O)[O-])c1. The Balaban J connectivity index is 1.37. The van der Waals surface area contributed by atoms with Gasteiger partial charge in [-0.2, -0.15) is 10.1 Å². The minimum atomic E-state index is -0.589. The second-order valence-corrected chi connectivity index (χ2v) is 9.03. The van der Waals surface area contributed by atoms with Crippen molar-refractivity contribution in [3.05, 3.63) is 80.4 Å². The van der Waals surface area contributed by atoms with Gasteiger partial charge in [0.15, 0.2) is 0 Å². The normalized spacial score (nSPS) is 25.3. The van der Waals surface area contributed by atoms with Crippen LogP contribution in [0.4, 0.5) is 5.69 Å². The van der Waals surface area contributed by atoms with E-state index in [1.165, 1.54) is 18.3 Å². The number of rotatable bonds is 6. The van der Waals surface area contributed by atoms with Crippen molar-refractivity contribution in [2.45, 2.75) is 20.0 Å². The molecule has 0 N–H and O–H groups in total. The number of hydrogen-bond acceptors (Lipinski definition) is 6. The van der Waals surface area contributed by atoms with Gasteiger partial charge in [0.1, 0.15) is 6.61 Å². The Labute approximate surface area is 194 Å². The first kappa shape index (κ1) is 21.3. The van der Waals surface area contributed by atoms with E-state index in [2.05, 4.69) is 5.10 Å². The maximum atomic E-state index is 12.8. The van der Waals surface area contributed by atoms with Gasteiger partial charge in [0.2, 0.25) is 5.75 Å². The van der Waals surface area contributed by atoms with Crippen molar-refractivity contribution in [2.24, 2.45) is 28.8 Å². The van der Waals surface area contributed by atoms with Crippen LogP contribution in [0.5, 0.6) is 5.75 Å². The van der Waals surface area contributed by atoms with Crippen molar-refractivity contribution >= 4 is 35.3 Å². The lowest BCUT2D eigenvalue weighted by atomic mass is 9.85. The topological polar surface area (TPSA) is 102 Å². The summed E-state index contributed by atoms with van der Waals surface area (Å²) in [5.74, 6) is -1.26. The largest absolute Gasteiger partial charge is 0.481 e. The number of amides is 2. The molecule has 8 nitrogen and oxygen atoms in total. The number of imide groups is 1. The molecule has 0 aromatic heterocycles. The summed E-state index contributed by atoms with van der Waals surface area (Å²) in [7, 11) is 0. The lowest BCUT2D eigenvalue weighted by Gasteiger charge is -2.13. The van der Waals surface area contributed by atoms with Crippen LogP contribution in [-0.2, 0) is 16.2 Å². The summed E-state index contributed by atoms with van der Waals surface area (Å²) in [6.07, 6.45) is 6.08. The van der Waals surface area contributed by atoms with Gasteiger partial charge >= 0.3 is 5.69 Å². The molecule has 33 heavy (non-hydrogen) atoms. The second-order valence-electron chi connectivity index (χ2n) is 8.62. The maximum absolute atomic E-state index is 12.8. The third-order valence-electron chi connectivity index (χ3n) is 6.48. The summed E-state index contributed by atoms with van der Waals surface area (Å²) in [5, 5.41) is 16.7. The van der Waals surface area contributed by atoms with E-state index in [1.54, 1.807) is 0 Å². The fourth-order valence-corrected chi connectivity index (χ4v) is 5.31. The van der Waals surface area contributed by atoms with E-state index < -0.39 is 4.92 Å². The maximum Gasteiger partial charge on any atom is 0.313 e. The van der Waals surface area contributed by atoms with E-state index in [9.17, 15) is 19.7 Å². The summed E-state index contributed by atoms with van der Waals surface area (Å²) in [6.45, 7) is 2.06. The third kappa shape index (κ3) is 3.70. The van der Waals surface area contributed by atoms with Crippen molar-refractivity contribution in [2.75, 3.05) is 0 Å². The first-order chi connectivity index (χ1) is 15.8. The first-order valence-electron chi connectivity index (χ1n) is 10.6. The molecule has 1 saturated carbocycles. The zero-order valence-electron chi connectivity index (χ0n) is 17.7. The fourth-order valence-electron chi connectivity index (χ4n) is 5.03. The molecule has 9 heteroatoms. The molecule has 4 atom stereocenters. The molecular formula is C24H20ClN3O5. The number of benzene rings is 2. The number of hydrogen-bond donors (Lipinski definition) is 0. The van der Waals surface area contributed by atoms with Crippen LogP contribution in [0, 0.1) is 40.7 Å². The first-order valence-corrected chi connectivity index (χ1v) is 11.0. The Morgan fingerprint density at radius 1 is 1.18 bits per heavy atom. The highest BCUT2D eigenvalue weighted by atomic mass is 35.5. The highest BCUT2D eigenvalue weighted by Crippen LogP contribution is 2.52. The molecule has 168 valence electrons. The number of aryl methyl sites for hydroxylation is 1. The lowest BCUT2D eigenvalue weighted by Crippen LogP contribution is -2.28. The van der Waals surface area contributed by atoms with Crippen molar-refractivity contribution in [3.63, 3.8) is 0 Å². The molecule has 1 heterocycles.